The molecular weight excluding hydrogens is 295 g/mol. The Bertz CT molecular complexity index is 847. The van der Waals surface area contributed by atoms with Crippen LogP contribution in [0, 0.1) is 5.82 Å². The number of hydrogen-bond acceptors (Lipinski definition) is 3. The number of pyridine rings is 1. The van der Waals surface area contributed by atoms with E-state index >= 15 is 0 Å². The molecule has 1 aromatic heterocycles. The van der Waals surface area contributed by atoms with Crippen LogP contribution in [0.25, 0.3) is 10.9 Å². The van der Waals surface area contributed by atoms with E-state index in [2.05, 4.69) is 10.3 Å². The molecular formula is C18H15FN2O2. The van der Waals surface area contributed by atoms with E-state index < -0.39 is 0 Å². The van der Waals surface area contributed by atoms with E-state index in [-0.39, 0.29) is 18.3 Å². The number of amides is 1. The maximum absolute atomic E-state index is 13.7. The average Bonchev–Trinajstić information content (AvgIpc) is 2.59. The minimum atomic E-state index is -0.320. The molecule has 0 atom stereocenters. The SMILES string of the molecule is CNC(=O)c1ccc(OCc2cc(F)cc3cccnc23)cc1. The maximum Gasteiger partial charge on any atom is 0.251 e. The number of fused-ring (bicyclic) bond motifs is 1. The van der Waals surface area contributed by atoms with Gasteiger partial charge in [0.2, 0.25) is 0 Å². The van der Waals surface area contributed by atoms with Gasteiger partial charge in [0.25, 0.3) is 5.91 Å². The largest absolute Gasteiger partial charge is 0.489 e. The monoisotopic (exact) mass is 310 g/mol. The molecule has 2 aromatic carbocycles. The molecule has 0 aliphatic heterocycles. The summed E-state index contributed by atoms with van der Waals surface area (Å²) in [4.78, 5) is 15.8. The fraction of sp³-hybridized carbons (Fsp3) is 0.111. The molecule has 0 bridgehead atoms. The molecule has 0 saturated carbocycles. The van der Waals surface area contributed by atoms with Gasteiger partial charge in [-0.15, -0.1) is 0 Å². The quantitative estimate of drug-likeness (QED) is 0.804. The number of carbonyl (C=O) groups excluding carboxylic acids is 1. The van der Waals surface area contributed by atoms with E-state index in [4.69, 9.17) is 4.74 Å². The Morgan fingerprint density at radius 3 is 2.74 bits per heavy atom. The Hall–Kier alpha value is -2.95. The summed E-state index contributed by atoms with van der Waals surface area (Å²) < 4.78 is 19.4. The molecule has 23 heavy (non-hydrogen) atoms. The number of rotatable bonds is 4. The van der Waals surface area contributed by atoms with E-state index in [9.17, 15) is 9.18 Å². The molecule has 3 aromatic rings. The van der Waals surface area contributed by atoms with Crippen LogP contribution >= 0.6 is 0 Å². The number of hydrogen-bond donors (Lipinski definition) is 1. The van der Waals surface area contributed by atoms with Crippen molar-refractivity contribution in [2.75, 3.05) is 7.05 Å². The van der Waals surface area contributed by atoms with Gasteiger partial charge in [0.15, 0.2) is 0 Å². The summed E-state index contributed by atoms with van der Waals surface area (Å²) in [5.41, 5.74) is 1.95. The minimum absolute atomic E-state index is 0.156. The third-order valence-corrected chi connectivity index (χ3v) is 3.49. The normalized spacial score (nSPS) is 10.5. The van der Waals surface area contributed by atoms with Crippen LogP contribution in [0.4, 0.5) is 4.39 Å². The van der Waals surface area contributed by atoms with E-state index in [1.54, 1.807) is 43.6 Å². The van der Waals surface area contributed by atoms with Gasteiger partial charge in [-0.05, 0) is 42.5 Å². The van der Waals surface area contributed by atoms with Crippen LogP contribution in [0.15, 0.2) is 54.7 Å². The van der Waals surface area contributed by atoms with E-state index in [0.717, 1.165) is 10.9 Å². The van der Waals surface area contributed by atoms with Crippen molar-refractivity contribution in [3.8, 4) is 5.75 Å². The Balaban J connectivity index is 1.79. The van der Waals surface area contributed by atoms with Crippen LogP contribution < -0.4 is 10.1 Å². The van der Waals surface area contributed by atoms with Gasteiger partial charge >= 0.3 is 0 Å². The summed E-state index contributed by atoms with van der Waals surface area (Å²) >= 11 is 0. The number of benzene rings is 2. The highest BCUT2D eigenvalue weighted by molar-refractivity contribution is 5.94. The van der Waals surface area contributed by atoms with Gasteiger partial charge in [-0.2, -0.15) is 0 Å². The second kappa shape index (κ2) is 6.44. The number of carbonyl (C=O) groups is 1. The van der Waals surface area contributed by atoms with Gasteiger partial charge in [-0.3, -0.25) is 9.78 Å². The summed E-state index contributed by atoms with van der Waals surface area (Å²) in [6, 6.07) is 13.2. The highest BCUT2D eigenvalue weighted by atomic mass is 19.1. The summed E-state index contributed by atoms with van der Waals surface area (Å²) in [6.45, 7) is 0.199. The zero-order valence-corrected chi connectivity index (χ0v) is 12.5. The van der Waals surface area contributed by atoms with Gasteiger partial charge in [0, 0.05) is 29.8 Å². The first-order valence-corrected chi connectivity index (χ1v) is 7.15. The molecule has 116 valence electrons. The molecule has 0 aliphatic rings. The van der Waals surface area contributed by atoms with Crippen LogP contribution in [-0.2, 0) is 6.61 Å². The number of halogens is 1. The first kappa shape index (κ1) is 15.0. The lowest BCUT2D eigenvalue weighted by Crippen LogP contribution is -2.17. The first-order valence-electron chi connectivity index (χ1n) is 7.15. The van der Waals surface area contributed by atoms with Gasteiger partial charge in [0.05, 0.1) is 5.52 Å². The molecule has 0 aliphatic carbocycles. The van der Waals surface area contributed by atoms with E-state index in [1.807, 2.05) is 6.07 Å². The third kappa shape index (κ3) is 3.29. The van der Waals surface area contributed by atoms with Crippen LogP contribution in [0.3, 0.4) is 0 Å². The van der Waals surface area contributed by atoms with Gasteiger partial charge in [-0.25, -0.2) is 4.39 Å². The molecule has 1 N–H and O–H groups in total. The fourth-order valence-electron chi connectivity index (χ4n) is 2.35. The second-order valence-electron chi connectivity index (χ2n) is 5.03. The number of aromatic nitrogens is 1. The lowest BCUT2D eigenvalue weighted by atomic mass is 10.1. The smallest absolute Gasteiger partial charge is 0.251 e. The Morgan fingerprint density at radius 1 is 1.22 bits per heavy atom. The maximum atomic E-state index is 13.7. The molecule has 0 spiro atoms. The Labute approximate surface area is 132 Å². The van der Waals surface area contributed by atoms with Crippen LogP contribution in [0.5, 0.6) is 5.75 Å². The molecule has 0 fully saturated rings. The molecule has 1 heterocycles. The number of ether oxygens (including phenoxy) is 1. The summed E-state index contributed by atoms with van der Waals surface area (Å²) in [5, 5.41) is 3.29. The second-order valence-corrected chi connectivity index (χ2v) is 5.03. The van der Waals surface area contributed by atoms with Crippen LogP contribution in [0.1, 0.15) is 15.9 Å². The van der Waals surface area contributed by atoms with Crippen molar-refractivity contribution in [1.82, 2.24) is 10.3 Å². The van der Waals surface area contributed by atoms with Crippen LogP contribution in [-0.4, -0.2) is 17.9 Å². The molecule has 1 amide bonds. The Kier molecular flexibility index (Phi) is 4.19. The van der Waals surface area contributed by atoms with Gasteiger partial charge < -0.3 is 10.1 Å². The van der Waals surface area contributed by atoms with Gasteiger partial charge in [-0.1, -0.05) is 6.07 Å². The molecule has 5 heteroatoms. The summed E-state index contributed by atoms with van der Waals surface area (Å²) in [6.07, 6.45) is 1.67. The summed E-state index contributed by atoms with van der Waals surface area (Å²) in [7, 11) is 1.58. The predicted octanol–water partition coefficient (Wildman–Crippen LogP) is 3.31. The molecule has 4 nitrogen and oxygen atoms in total. The van der Waals surface area contributed by atoms with Crippen molar-refractivity contribution in [3.63, 3.8) is 0 Å². The molecule has 0 saturated heterocycles. The van der Waals surface area contributed by atoms with Crippen molar-refractivity contribution >= 4 is 16.8 Å². The lowest BCUT2D eigenvalue weighted by Gasteiger charge is -2.09. The first-order chi connectivity index (χ1) is 11.2. The molecule has 3 rings (SSSR count). The van der Waals surface area contributed by atoms with Gasteiger partial charge in [0.1, 0.15) is 18.2 Å². The Morgan fingerprint density at radius 2 is 2.00 bits per heavy atom. The van der Waals surface area contributed by atoms with E-state index in [1.165, 1.54) is 12.1 Å². The van der Waals surface area contributed by atoms with Crippen molar-refractivity contribution in [2.45, 2.75) is 6.61 Å². The molecule has 0 unspecified atom stereocenters. The van der Waals surface area contributed by atoms with Crippen molar-refractivity contribution in [2.24, 2.45) is 0 Å². The van der Waals surface area contributed by atoms with Crippen molar-refractivity contribution < 1.29 is 13.9 Å². The predicted molar refractivity (Wildman–Crippen MR) is 85.9 cm³/mol. The molecule has 0 radical (unpaired) electrons. The lowest BCUT2D eigenvalue weighted by molar-refractivity contribution is 0.0963. The standard InChI is InChI=1S/C18H15FN2O2/c1-20-18(22)12-4-6-16(7-5-12)23-11-14-10-15(19)9-13-3-2-8-21-17(13)14/h2-10H,11H2,1H3,(H,20,22). The zero-order valence-electron chi connectivity index (χ0n) is 12.5. The highest BCUT2D eigenvalue weighted by Crippen LogP contribution is 2.21. The minimum Gasteiger partial charge on any atom is -0.489 e. The fourth-order valence-corrected chi connectivity index (χ4v) is 2.35. The summed E-state index contributed by atoms with van der Waals surface area (Å²) in [5.74, 6) is 0.127. The zero-order chi connectivity index (χ0) is 16.2. The van der Waals surface area contributed by atoms with E-state index in [0.29, 0.717) is 16.9 Å². The average molecular weight is 310 g/mol. The topological polar surface area (TPSA) is 51.2 Å². The third-order valence-electron chi connectivity index (χ3n) is 3.49. The highest BCUT2D eigenvalue weighted by Gasteiger charge is 2.07. The van der Waals surface area contributed by atoms with Crippen molar-refractivity contribution in [3.05, 3.63) is 71.7 Å². The number of nitrogens with one attached hydrogen (secondary N) is 1. The number of nitrogens with zero attached hydrogens (tertiary/aromatic N) is 1. The van der Waals surface area contributed by atoms with Crippen molar-refractivity contribution in [1.29, 1.82) is 0 Å². The van der Waals surface area contributed by atoms with Crippen LogP contribution in [0.2, 0.25) is 0 Å².